The molecule has 0 amide bonds. The Morgan fingerprint density at radius 2 is 1.38 bits per heavy atom. The molecule has 0 aliphatic carbocycles. The van der Waals surface area contributed by atoms with Crippen molar-refractivity contribution in [2.45, 2.75) is 11.3 Å². The van der Waals surface area contributed by atoms with Crippen molar-refractivity contribution in [3.05, 3.63) is 0 Å². The summed E-state index contributed by atoms with van der Waals surface area (Å²) in [6.45, 7) is 0. The molecule has 1 rings (SSSR count). The fourth-order valence-electron chi connectivity index (χ4n) is 0.817. The molecule has 0 aromatic carbocycles. The lowest BCUT2D eigenvalue weighted by Crippen LogP contribution is -2.54. The second-order valence-corrected chi connectivity index (χ2v) is 8.30. The number of hydrogen-bond donors (Lipinski definition) is 2. The topological polar surface area (TPSA) is 24.1 Å². The Labute approximate surface area is 54.0 Å². The van der Waals surface area contributed by atoms with Gasteiger partial charge in [0, 0.05) is 0 Å². The van der Waals surface area contributed by atoms with Crippen LogP contribution in [0.2, 0.25) is 11.3 Å². The molecule has 0 spiro atoms. The third-order valence-corrected chi connectivity index (χ3v) is 9.80. The van der Waals surface area contributed by atoms with Gasteiger partial charge in [-0.1, -0.05) is 0 Å². The number of rotatable bonds is 2. The van der Waals surface area contributed by atoms with Gasteiger partial charge in [-0.3, -0.25) is 0 Å². The third-order valence-electron chi connectivity index (χ3n) is 1.56. The molecule has 0 bridgehead atoms. The van der Waals surface area contributed by atoms with E-state index in [9.17, 15) is 0 Å². The van der Waals surface area contributed by atoms with Crippen LogP contribution in [0.5, 0.6) is 0 Å². The molecule has 1 fully saturated rings. The monoisotopic (exact) mass is 144 g/mol. The van der Waals surface area contributed by atoms with Gasteiger partial charge in [0.1, 0.15) is 17.9 Å². The molecule has 0 aromatic heterocycles. The smallest absolute Gasteiger partial charge is 0.129 e. The van der Waals surface area contributed by atoms with Gasteiger partial charge in [-0.25, -0.2) is 0 Å². The second kappa shape index (κ2) is 2.77. The van der Waals surface area contributed by atoms with Gasteiger partial charge in [0.25, 0.3) is 0 Å². The molecule has 2 N–H and O–H groups in total. The molecule has 0 saturated carbocycles. The summed E-state index contributed by atoms with van der Waals surface area (Å²) in [6, 6.07) is 0. The maximum atomic E-state index is 3.35. The van der Waals surface area contributed by atoms with Gasteiger partial charge in [0.2, 0.25) is 0 Å². The molecule has 1 heterocycles. The van der Waals surface area contributed by atoms with E-state index in [1.807, 2.05) is 0 Å². The first-order valence-electron chi connectivity index (χ1n) is 2.91. The van der Waals surface area contributed by atoms with E-state index in [1.165, 1.54) is 11.3 Å². The summed E-state index contributed by atoms with van der Waals surface area (Å²) in [6.07, 6.45) is 0. The highest BCUT2D eigenvalue weighted by molar-refractivity contribution is 6.92. The minimum atomic E-state index is -0.0153. The van der Waals surface area contributed by atoms with Crippen molar-refractivity contribution in [2.75, 3.05) is 14.1 Å². The van der Waals surface area contributed by atoms with Crippen LogP contribution >= 0.6 is 0 Å². The second-order valence-electron chi connectivity index (χ2n) is 2.06. The Balaban J connectivity index is 2.03. The predicted octanol–water partition coefficient (Wildman–Crippen LogP) is -0.500. The molecule has 1 aliphatic heterocycles. The van der Waals surface area contributed by atoms with Crippen LogP contribution in [0.3, 0.4) is 0 Å². The SMILES string of the molecule is CN[Si]1C[Si](NC)C1. The lowest BCUT2D eigenvalue weighted by molar-refractivity contribution is 1.10. The maximum absolute atomic E-state index is 3.35. The minimum Gasteiger partial charge on any atom is -0.341 e. The van der Waals surface area contributed by atoms with Gasteiger partial charge < -0.3 is 9.96 Å². The van der Waals surface area contributed by atoms with Crippen molar-refractivity contribution < 1.29 is 0 Å². The van der Waals surface area contributed by atoms with E-state index in [4.69, 9.17) is 0 Å². The quantitative estimate of drug-likeness (QED) is 0.511. The molecular weight excluding hydrogens is 132 g/mol. The molecule has 0 unspecified atom stereocenters. The summed E-state index contributed by atoms with van der Waals surface area (Å²) in [4.78, 5) is 6.71. The van der Waals surface area contributed by atoms with Crippen LogP contribution in [0.1, 0.15) is 0 Å². The van der Waals surface area contributed by atoms with Gasteiger partial charge in [-0.05, 0) is 25.4 Å². The average Bonchev–Trinajstić information content (AvgIpc) is 1.65. The fourth-order valence-corrected chi connectivity index (χ4v) is 7.35. The fraction of sp³-hybridized carbons (Fsp3) is 1.00. The van der Waals surface area contributed by atoms with Crippen molar-refractivity contribution in [3.8, 4) is 0 Å². The van der Waals surface area contributed by atoms with Crippen LogP contribution < -0.4 is 9.96 Å². The van der Waals surface area contributed by atoms with Crippen LogP contribution in [-0.4, -0.2) is 32.0 Å². The number of nitrogens with one attached hydrogen (secondary N) is 2. The highest BCUT2D eigenvalue weighted by Crippen LogP contribution is 2.13. The Hall–Kier alpha value is 0.354. The maximum Gasteiger partial charge on any atom is 0.129 e. The zero-order valence-electron chi connectivity index (χ0n) is 5.41. The van der Waals surface area contributed by atoms with Crippen LogP contribution in [0, 0.1) is 0 Å². The van der Waals surface area contributed by atoms with Crippen molar-refractivity contribution in [1.29, 1.82) is 0 Å². The van der Waals surface area contributed by atoms with Crippen LogP contribution in [0.4, 0.5) is 0 Å². The Morgan fingerprint density at radius 3 is 1.62 bits per heavy atom. The highest BCUT2D eigenvalue weighted by atomic mass is 28.4. The molecule has 1 saturated heterocycles. The third kappa shape index (κ3) is 1.19. The Bertz CT molecular complexity index is 64.4. The minimum absolute atomic E-state index is 0.0153. The lowest BCUT2D eigenvalue weighted by Gasteiger charge is -2.30. The summed E-state index contributed by atoms with van der Waals surface area (Å²) in [5.74, 6) is 0. The van der Waals surface area contributed by atoms with Gasteiger partial charge in [0.15, 0.2) is 0 Å². The first-order chi connectivity index (χ1) is 3.86. The normalized spacial score (nSPS) is 23.2. The Kier molecular flexibility index (Phi) is 2.24. The van der Waals surface area contributed by atoms with E-state index >= 15 is 0 Å². The summed E-state index contributed by atoms with van der Waals surface area (Å²) < 4.78 is 0. The number of hydrogen-bond acceptors (Lipinski definition) is 2. The molecule has 1 aliphatic rings. The van der Waals surface area contributed by atoms with Crippen LogP contribution in [0.25, 0.3) is 0 Å². The molecule has 0 atom stereocenters. The highest BCUT2D eigenvalue weighted by Gasteiger charge is 2.30. The van der Waals surface area contributed by atoms with E-state index < -0.39 is 0 Å². The van der Waals surface area contributed by atoms with E-state index in [-0.39, 0.29) is 17.9 Å². The van der Waals surface area contributed by atoms with E-state index in [1.54, 1.807) is 0 Å². The van der Waals surface area contributed by atoms with E-state index in [0.717, 1.165) is 0 Å². The standard InChI is InChI=1S/C4H12N2Si2/c1-5-7-3-8(4-7)6-2/h5-6H,3-4H2,1-2H3. The molecular formula is C4H12N2Si2. The Morgan fingerprint density at radius 1 is 1.00 bits per heavy atom. The van der Waals surface area contributed by atoms with E-state index in [2.05, 4.69) is 24.1 Å². The lowest BCUT2D eigenvalue weighted by atomic mass is 11.6. The van der Waals surface area contributed by atoms with Gasteiger partial charge >= 0.3 is 0 Å². The predicted molar refractivity (Wildman–Crippen MR) is 39.2 cm³/mol. The van der Waals surface area contributed by atoms with Gasteiger partial charge in [0.05, 0.1) is 0 Å². The van der Waals surface area contributed by atoms with Crippen molar-refractivity contribution in [2.24, 2.45) is 0 Å². The van der Waals surface area contributed by atoms with Gasteiger partial charge in [-0.15, -0.1) is 0 Å². The first kappa shape index (κ1) is 6.47. The van der Waals surface area contributed by atoms with Crippen LogP contribution in [-0.2, 0) is 0 Å². The molecule has 2 radical (unpaired) electrons. The zero-order chi connectivity index (χ0) is 5.98. The molecule has 0 aromatic rings. The molecule has 8 heavy (non-hydrogen) atoms. The molecule has 2 nitrogen and oxygen atoms in total. The summed E-state index contributed by atoms with van der Waals surface area (Å²) in [7, 11) is 4.14. The van der Waals surface area contributed by atoms with Crippen molar-refractivity contribution in [3.63, 3.8) is 0 Å². The molecule has 46 valence electrons. The van der Waals surface area contributed by atoms with Gasteiger partial charge in [-0.2, -0.15) is 0 Å². The zero-order valence-corrected chi connectivity index (χ0v) is 7.41. The molecule has 4 heteroatoms. The summed E-state index contributed by atoms with van der Waals surface area (Å²) in [5, 5.41) is 0. The van der Waals surface area contributed by atoms with E-state index in [0.29, 0.717) is 0 Å². The van der Waals surface area contributed by atoms with Crippen molar-refractivity contribution in [1.82, 2.24) is 9.96 Å². The largest absolute Gasteiger partial charge is 0.341 e. The first-order valence-corrected chi connectivity index (χ1v) is 6.74. The summed E-state index contributed by atoms with van der Waals surface area (Å²) in [5.41, 5.74) is 3.00. The van der Waals surface area contributed by atoms with Crippen LogP contribution in [0.15, 0.2) is 0 Å². The van der Waals surface area contributed by atoms with Crippen molar-refractivity contribution >= 4 is 17.9 Å². The summed E-state index contributed by atoms with van der Waals surface area (Å²) >= 11 is 0. The average molecular weight is 144 g/mol.